The molecule has 0 saturated heterocycles. The summed E-state index contributed by atoms with van der Waals surface area (Å²) in [5.41, 5.74) is 1.99. The van der Waals surface area contributed by atoms with E-state index in [1.807, 2.05) is 43.7 Å². The van der Waals surface area contributed by atoms with Gasteiger partial charge in [0.05, 0.1) is 23.5 Å². The molecule has 3 aromatic rings. The summed E-state index contributed by atoms with van der Waals surface area (Å²) in [6.45, 7) is 1.57. The lowest BCUT2D eigenvalue weighted by Crippen LogP contribution is -2.34. The molecule has 1 aliphatic rings. The highest BCUT2D eigenvalue weighted by Crippen LogP contribution is 2.34. The fourth-order valence-electron chi connectivity index (χ4n) is 3.18. The Morgan fingerprint density at radius 1 is 1.29 bits per heavy atom. The third kappa shape index (κ3) is 3.74. The number of carbonyl (C=O) groups is 1. The SMILES string of the molecule is CN(C)C(CNC(=O)c1cn[nH]c1-c1ccc2c(c1)OCCO2)c1cccs1. The summed E-state index contributed by atoms with van der Waals surface area (Å²) in [7, 11) is 4.02. The van der Waals surface area contributed by atoms with E-state index >= 15 is 0 Å². The van der Waals surface area contributed by atoms with Crippen molar-refractivity contribution >= 4 is 17.2 Å². The van der Waals surface area contributed by atoms with Crippen LogP contribution >= 0.6 is 11.3 Å². The molecule has 0 saturated carbocycles. The zero-order chi connectivity index (χ0) is 19.5. The molecule has 2 aromatic heterocycles. The maximum atomic E-state index is 12.8. The molecule has 4 rings (SSSR count). The molecular weight excluding hydrogens is 376 g/mol. The molecular formula is C20H22N4O3S. The predicted octanol–water partition coefficient (Wildman–Crippen LogP) is 2.94. The number of amides is 1. The van der Waals surface area contributed by atoms with Crippen molar-refractivity contribution in [1.82, 2.24) is 20.4 Å². The van der Waals surface area contributed by atoms with Crippen LogP contribution in [0.4, 0.5) is 0 Å². The summed E-state index contributed by atoms with van der Waals surface area (Å²) >= 11 is 1.68. The number of fused-ring (bicyclic) bond motifs is 1. The number of aromatic nitrogens is 2. The van der Waals surface area contributed by atoms with E-state index in [-0.39, 0.29) is 11.9 Å². The number of likely N-dealkylation sites (N-methyl/N-ethyl adjacent to an activating group) is 1. The Hall–Kier alpha value is -2.84. The van der Waals surface area contributed by atoms with Crippen LogP contribution in [0.3, 0.4) is 0 Å². The van der Waals surface area contributed by atoms with Crippen LogP contribution in [-0.4, -0.2) is 54.9 Å². The van der Waals surface area contributed by atoms with E-state index in [9.17, 15) is 4.79 Å². The molecule has 1 amide bonds. The maximum absolute atomic E-state index is 12.8. The number of benzene rings is 1. The van der Waals surface area contributed by atoms with Gasteiger partial charge in [-0.2, -0.15) is 5.10 Å². The molecule has 146 valence electrons. The number of rotatable bonds is 6. The summed E-state index contributed by atoms with van der Waals surface area (Å²) in [6, 6.07) is 9.84. The molecule has 1 aliphatic heterocycles. The number of H-pyrrole nitrogens is 1. The minimum absolute atomic E-state index is 0.119. The lowest BCUT2D eigenvalue weighted by molar-refractivity contribution is 0.0943. The van der Waals surface area contributed by atoms with Crippen LogP contribution in [0.1, 0.15) is 21.3 Å². The zero-order valence-corrected chi connectivity index (χ0v) is 16.6. The first-order chi connectivity index (χ1) is 13.6. The Labute approximate surface area is 167 Å². The summed E-state index contributed by atoms with van der Waals surface area (Å²) in [6.07, 6.45) is 1.55. The second kappa shape index (κ2) is 8.04. The number of carbonyl (C=O) groups excluding carboxylic acids is 1. The third-order valence-electron chi connectivity index (χ3n) is 4.67. The molecule has 0 radical (unpaired) electrons. The molecule has 0 aliphatic carbocycles. The standard InChI is InChI=1S/C20H22N4O3S/c1-24(2)15(18-4-3-9-28-18)12-21-20(25)14-11-22-23-19(14)13-5-6-16-17(10-13)27-8-7-26-16/h3-6,9-11,15H,7-8,12H2,1-2H3,(H,21,25)(H,22,23). The lowest BCUT2D eigenvalue weighted by atomic mass is 10.1. The van der Waals surface area contributed by atoms with Gasteiger partial charge < -0.3 is 19.7 Å². The van der Waals surface area contributed by atoms with Gasteiger partial charge in [0, 0.05) is 17.0 Å². The van der Waals surface area contributed by atoms with Crippen molar-refractivity contribution in [2.75, 3.05) is 33.9 Å². The van der Waals surface area contributed by atoms with Gasteiger partial charge in [-0.1, -0.05) is 6.07 Å². The quantitative estimate of drug-likeness (QED) is 0.667. The van der Waals surface area contributed by atoms with Crippen LogP contribution < -0.4 is 14.8 Å². The number of ether oxygens (including phenoxy) is 2. The monoisotopic (exact) mass is 398 g/mol. The first-order valence-corrected chi connectivity index (χ1v) is 9.93. The van der Waals surface area contributed by atoms with Crippen LogP contribution in [0, 0.1) is 0 Å². The van der Waals surface area contributed by atoms with Gasteiger partial charge in [-0.3, -0.25) is 9.89 Å². The Kier molecular flexibility index (Phi) is 5.31. The second-order valence-corrected chi connectivity index (χ2v) is 7.70. The summed E-state index contributed by atoms with van der Waals surface area (Å²) < 4.78 is 11.2. The van der Waals surface area contributed by atoms with Crippen LogP contribution in [0.2, 0.25) is 0 Å². The topological polar surface area (TPSA) is 79.5 Å². The molecule has 0 bridgehead atoms. The van der Waals surface area contributed by atoms with Crippen LogP contribution in [-0.2, 0) is 0 Å². The Morgan fingerprint density at radius 2 is 2.11 bits per heavy atom. The molecule has 7 nitrogen and oxygen atoms in total. The van der Waals surface area contributed by atoms with E-state index in [1.165, 1.54) is 4.88 Å². The number of hydrogen-bond donors (Lipinski definition) is 2. The highest BCUT2D eigenvalue weighted by atomic mass is 32.1. The molecule has 1 aromatic carbocycles. The molecule has 2 N–H and O–H groups in total. The van der Waals surface area contributed by atoms with E-state index in [1.54, 1.807) is 17.5 Å². The van der Waals surface area contributed by atoms with Crippen molar-refractivity contribution in [1.29, 1.82) is 0 Å². The first kappa shape index (κ1) is 18.5. The minimum Gasteiger partial charge on any atom is -0.486 e. The minimum atomic E-state index is -0.165. The Bertz CT molecular complexity index is 952. The number of hydrogen-bond acceptors (Lipinski definition) is 6. The van der Waals surface area contributed by atoms with E-state index in [4.69, 9.17) is 9.47 Å². The lowest BCUT2D eigenvalue weighted by Gasteiger charge is -2.23. The predicted molar refractivity (Wildman–Crippen MR) is 108 cm³/mol. The van der Waals surface area contributed by atoms with Crippen molar-refractivity contribution in [3.63, 3.8) is 0 Å². The van der Waals surface area contributed by atoms with Crippen LogP contribution in [0.5, 0.6) is 11.5 Å². The molecule has 8 heteroatoms. The fourth-order valence-corrected chi connectivity index (χ4v) is 4.10. The zero-order valence-electron chi connectivity index (χ0n) is 15.8. The van der Waals surface area contributed by atoms with Gasteiger partial charge in [0.1, 0.15) is 13.2 Å². The number of nitrogens with zero attached hydrogens (tertiary/aromatic N) is 2. The van der Waals surface area contributed by atoms with Gasteiger partial charge in [0.15, 0.2) is 11.5 Å². The highest BCUT2D eigenvalue weighted by Gasteiger charge is 2.21. The third-order valence-corrected chi connectivity index (χ3v) is 5.64. The highest BCUT2D eigenvalue weighted by molar-refractivity contribution is 7.10. The van der Waals surface area contributed by atoms with Crippen molar-refractivity contribution in [2.45, 2.75) is 6.04 Å². The number of aromatic amines is 1. The summed E-state index contributed by atoms with van der Waals surface area (Å²) in [5.74, 6) is 1.22. The van der Waals surface area contributed by atoms with Crippen molar-refractivity contribution in [2.24, 2.45) is 0 Å². The normalized spacial score (nSPS) is 14.1. The van der Waals surface area contributed by atoms with Crippen LogP contribution in [0.15, 0.2) is 41.9 Å². The van der Waals surface area contributed by atoms with E-state index in [0.29, 0.717) is 42.5 Å². The maximum Gasteiger partial charge on any atom is 0.255 e. The van der Waals surface area contributed by atoms with Gasteiger partial charge in [0.25, 0.3) is 5.91 Å². The Morgan fingerprint density at radius 3 is 2.86 bits per heavy atom. The smallest absolute Gasteiger partial charge is 0.255 e. The molecule has 1 atom stereocenters. The van der Waals surface area contributed by atoms with E-state index < -0.39 is 0 Å². The van der Waals surface area contributed by atoms with Gasteiger partial charge in [-0.05, 0) is 43.7 Å². The Balaban J connectivity index is 1.51. The molecule has 0 fully saturated rings. The molecule has 1 unspecified atom stereocenters. The first-order valence-electron chi connectivity index (χ1n) is 9.05. The van der Waals surface area contributed by atoms with Gasteiger partial charge in [0.2, 0.25) is 0 Å². The molecule has 3 heterocycles. The molecule has 28 heavy (non-hydrogen) atoms. The largest absolute Gasteiger partial charge is 0.486 e. The average molecular weight is 398 g/mol. The van der Waals surface area contributed by atoms with Crippen molar-refractivity contribution < 1.29 is 14.3 Å². The fraction of sp³-hybridized carbons (Fsp3) is 0.300. The van der Waals surface area contributed by atoms with Gasteiger partial charge in [-0.25, -0.2) is 0 Å². The van der Waals surface area contributed by atoms with Crippen LogP contribution in [0.25, 0.3) is 11.3 Å². The number of thiophene rings is 1. The number of nitrogens with one attached hydrogen (secondary N) is 2. The van der Waals surface area contributed by atoms with E-state index in [2.05, 4.69) is 26.5 Å². The van der Waals surface area contributed by atoms with Crippen molar-refractivity contribution in [3.05, 3.63) is 52.3 Å². The second-order valence-electron chi connectivity index (χ2n) is 6.72. The van der Waals surface area contributed by atoms with Gasteiger partial charge in [-0.15, -0.1) is 11.3 Å². The molecule has 0 spiro atoms. The van der Waals surface area contributed by atoms with E-state index in [0.717, 1.165) is 5.56 Å². The summed E-state index contributed by atoms with van der Waals surface area (Å²) in [4.78, 5) is 16.2. The van der Waals surface area contributed by atoms with Crippen molar-refractivity contribution in [3.8, 4) is 22.8 Å². The van der Waals surface area contributed by atoms with Gasteiger partial charge >= 0.3 is 0 Å². The summed E-state index contributed by atoms with van der Waals surface area (Å²) in [5, 5.41) is 12.1. The average Bonchev–Trinajstić information content (AvgIpc) is 3.39.